The molecule has 2 bridgehead atoms. The van der Waals surface area contributed by atoms with Crippen LogP contribution in [0.4, 0.5) is 0 Å². The second-order valence-corrected chi connectivity index (χ2v) is 5.24. The number of aliphatic hydroxyl groups is 2. The van der Waals surface area contributed by atoms with Gasteiger partial charge in [0.1, 0.15) is 17.8 Å². The second-order valence-electron chi connectivity index (χ2n) is 5.24. The summed E-state index contributed by atoms with van der Waals surface area (Å²) in [7, 11) is 0. The third-order valence-corrected chi connectivity index (χ3v) is 4.01. The van der Waals surface area contributed by atoms with Gasteiger partial charge in [-0.3, -0.25) is 14.3 Å². The Hall–Kier alpha value is -1.48. The van der Waals surface area contributed by atoms with Crippen LogP contribution in [0.2, 0.25) is 0 Å². The van der Waals surface area contributed by atoms with Crippen molar-refractivity contribution in [1.82, 2.24) is 9.55 Å². The van der Waals surface area contributed by atoms with Crippen LogP contribution in [-0.2, 0) is 9.47 Å². The summed E-state index contributed by atoms with van der Waals surface area (Å²) in [4.78, 5) is 25.5. The minimum Gasteiger partial charge on any atom is -0.393 e. The molecule has 20 heavy (non-hydrogen) atoms. The summed E-state index contributed by atoms with van der Waals surface area (Å²) in [6, 6.07) is 0. The van der Waals surface area contributed by atoms with E-state index in [0.29, 0.717) is 18.6 Å². The molecule has 0 saturated carbocycles. The maximum Gasteiger partial charge on any atom is 0.330 e. The zero-order valence-corrected chi connectivity index (χ0v) is 10.9. The summed E-state index contributed by atoms with van der Waals surface area (Å²) in [6.07, 6.45) is -0.936. The van der Waals surface area contributed by atoms with Crippen molar-refractivity contribution < 1.29 is 19.7 Å². The SMILES string of the molecule is Cc1cn([C@@H]2O[C@@]3(CO)CCOC2[C@H]3O)c(=O)[nH]c1=O. The normalized spacial score (nSPS) is 36.2. The number of aryl methyl sites for hydroxylation is 1. The average Bonchev–Trinajstić information content (AvgIpc) is 2.60. The molecule has 0 spiro atoms. The molecule has 2 aliphatic heterocycles. The van der Waals surface area contributed by atoms with Crippen molar-refractivity contribution in [3.05, 3.63) is 32.6 Å². The molecule has 110 valence electrons. The van der Waals surface area contributed by atoms with Gasteiger partial charge in [-0.1, -0.05) is 0 Å². The highest BCUT2D eigenvalue weighted by Gasteiger charge is 2.58. The van der Waals surface area contributed by atoms with Gasteiger partial charge < -0.3 is 19.7 Å². The van der Waals surface area contributed by atoms with Crippen LogP contribution in [0.25, 0.3) is 0 Å². The molecule has 3 rings (SSSR count). The fraction of sp³-hybridized carbons (Fsp3) is 0.667. The van der Waals surface area contributed by atoms with Gasteiger partial charge in [0.2, 0.25) is 0 Å². The van der Waals surface area contributed by atoms with Crippen LogP contribution in [0.15, 0.2) is 15.8 Å². The number of rotatable bonds is 2. The first-order valence-corrected chi connectivity index (χ1v) is 6.39. The highest BCUT2D eigenvalue weighted by Crippen LogP contribution is 2.43. The van der Waals surface area contributed by atoms with Crippen LogP contribution in [0.1, 0.15) is 18.2 Å². The van der Waals surface area contributed by atoms with Gasteiger partial charge >= 0.3 is 5.69 Å². The Morgan fingerprint density at radius 2 is 2.30 bits per heavy atom. The third-order valence-electron chi connectivity index (χ3n) is 4.01. The van der Waals surface area contributed by atoms with Crippen molar-refractivity contribution in [3.8, 4) is 0 Å². The van der Waals surface area contributed by atoms with E-state index in [1.807, 2.05) is 0 Å². The molecule has 2 aliphatic rings. The van der Waals surface area contributed by atoms with E-state index in [9.17, 15) is 19.8 Å². The van der Waals surface area contributed by atoms with Gasteiger partial charge in [0.15, 0.2) is 6.23 Å². The van der Waals surface area contributed by atoms with Crippen LogP contribution in [0.3, 0.4) is 0 Å². The van der Waals surface area contributed by atoms with Gasteiger partial charge in [-0.25, -0.2) is 4.79 Å². The molecule has 1 aromatic heterocycles. The number of fused-ring (bicyclic) bond motifs is 2. The Morgan fingerprint density at radius 1 is 1.55 bits per heavy atom. The highest BCUT2D eigenvalue weighted by atomic mass is 16.6. The van der Waals surface area contributed by atoms with Gasteiger partial charge in [0.05, 0.1) is 13.2 Å². The summed E-state index contributed by atoms with van der Waals surface area (Å²) >= 11 is 0. The van der Waals surface area contributed by atoms with Crippen molar-refractivity contribution in [2.24, 2.45) is 0 Å². The van der Waals surface area contributed by atoms with Crippen LogP contribution in [0.5, 0.6) is 0 Å². The molecule has 0 aliphatic carbocycles. The zero-order chi connectivity index (χ0) is 14.5. The fourth-order valence-corrected chi connectivity index (χ4v) is 2.78. The third kappa shape index (κ3) is 1.76. The number of aromatic amines is 1. The predicted octanol–water partition coefficient (Wildman–Crippen LogP) is -1.75. The van der Waals surface area contributed by atoms with Crippen molar-refractivity contribution >= 4 is 0 Å². The molecular weight excluding hydrogens is 268 g/mol. The monoisotopic (exact) mass is 284 g/mol. The first kappa shape index (κ1) is 13.5. The van der Waals surface area contributed by atoms with Crippen molar-refractivity contribution in [2.45, 2.75) is 37.4 Å². The number of H-pyrrole nitrogens is 1. The topological polar surface area (TPSA) is 114 Å². The molecule has 0 amide bonds. The van der Waals surface area contributed by atoms with E-state index in [2.05, 4.69) is 4.98 Å². The lowest BCUT2D eigenvalue weighted by atomic mass is 9.90. The van der Waals surface area contributed by atoms with Crippen molar-refractivity contribution in [2.75, 3.05) is 13.2 Å². The molecule has 4 atom stereocenters. The molecular formula is C12H16N2O6. The number of aliphatic hydroxyl groups excluding tert-OH is 2. The Labute approximate surface area is 113 Å². The molecule has 0 aromatic carbocycles. The molecule has 1 unspecified atom stereocenters. The first-order chi connectivity index (χ1) is 9.48. The summed E-state index contributed by atoms with van der Waals surface area (Å²) in [6.45, 7) is 1.53. The van der Waals surface area contributed by atoms with E-state index in [1.54, 1.807) is 6.92 Å². The Morgan fingerprint density at radius 3 is 2.95 bits per heavy atom. The van der Waals surface area contributed by atoms with E-state index < -0.39 is 35.3 Å². The van der Waals surface area contributed by atoms with E-state index >= 15 is 0 Å². The van der Waals surface area contributed by atoms with Gasteiger partial charge in [-0.15, -0.1) is 0 Å². The molecule has 3 N–H and O–H groups in total. The second kappa shape index (κ2) is 4.52. The number of nitrogens with one attached hydrogen (secondary N) is 1. The molecule has 0 radical (unpaired) electrons. The van der Waals surface area contributed by atoms with Crippen LogP contribution < -0.4 is 11.2 Å². The predicted molar refractivity (Wildman–Crippen MR) is 66.4 cm³/mol. The maximum absolute atomic E-state index is 11.9. The number of hydrogen-bond donors (Lipinski definition) is 3. The van der Waals surface area contributed by atoms with Crippen LogP contribution >= 0.6 is 0 Å². The fourth-order valence-electron chi connectivity index (χ4n) is 2.78. The molecule has 2 fully saturated rings. The lowest BCUT2D eigenvalue weighted by Gasteiger charge is -2.33. The molecule has 8 heteroatoms. The highest BCUT2D eigenvalue weighted by molar-refractivity contribution is 5.07. The summed E-state index contributed by atoms with van der Waals surface area (Å²) < 4.78 is 12.4. The van der Waals surface area contributed by atoms with Gasteiger partial charge in [0, 0.05) is 18.2 Å². The molecule has 8 nitrogen and oxygen atoms in total. The molecule has 1 aromatic rings. The quantitative estimate of drug-likeness (QED) is 0.594. The van der Waals surface area contributed by atoms with Gasteiger partial charge in [-0.2, -0.15) is 0 Å². The lowest BCUT2D eigenvalue weighted by molar-refractivity contribution is -0.144. The minimum absolute atomic E-state index is 0.329. The zero-order valence-electron chi connectivity index (χ0n) is 10.9. The van der Waals surface area contributed by atoms with Crippen molar-refractivity contribution in [1.29, 1.82) is 0 Å². The summed E-state index contributed by atoms with van der Waals surface area (Å²) in [5.74, 6) is 0. The number of ether oxygens (including phenoxy) is 2. The largest absolute Gasteiger partial charge is 0.393 e. The van der Waals surface area contributed by atoms with E-state index in [4.69, 9.17) is 9.47 Å². The van der Waals surface area contributed by atoms with E-state index in [1.165, 1.54) is 10.8 Å². The van der Waals surface area contributed by atoms with E-state index in [-0.39, 0.29) is 6.61 Å². The maximum atomic E-state index is 11.9. The first-order valence-electron chi connectivity index (χ1n) is 6.39. The number of nitrogens with zero attached hydrogens (tertiary/aromatic N) is 1. The lowest BCUT2D eigenvalue weighted by Crippen LogP contribution is -2.51. The van der Waals surface area contributed by atoms with Crippen LogP contribution in [-0.4, -0.2) is 50.8 Å². The van der Waals surface area contributed by atoms with Gasteiger partial charge in [0.25, 0.3) is 5.56 Å². The number of aromatic nitrogens is 2. The average molecular weight is 284 g/mol. The standard InChI is InChI=1S/C12H16N2O6/c1-6-4-14(11(18)13-9(6)17)10-7-8(16)12(5-15,20-10)2-3-19-7/h4,7-8,10,15-16H,2-3,5H2,1H3,(H,13,17,18)/t7?,8-,10-,12-/m1/s1. The van der Waals surface area contributed by atoms with Crippen molar-refractivity contribution in [3.63, 3.8) is 0 Å². The number of hydrogen-bond acceptors (Lipinski definition) is 6. The molecule has 2 saturated heterocycles. The summed E-state index contributed by atoms with van der Waals surface area (Å²) in [5.41, 5.74) is -1.87. The Kier molecular flexibility index (Phi) is 3.05. The Bertz CT molecular complexity index is 638. The van der Waals surface area contributed by atoms with E-state index in [0.717, 1.165) is 0 Å². The Balaban J connectivity index is 2.06. The van der Waals surface area contributed by atoms with Crippen LogP contribution in [0, 0.1) is 6.92 Å². The molecule has 3 heterocycles. The minimum atomic E-state index is -1.11. The van der Waals surface area contributed by atoms with Gasteiger partial charge in [-0.05, 0) is 6.92 Å². The summed E-state index contributed by atoms with van der Waals surface area (Å²) in [5, 5.41) is 19.7. The smallest absolute Gasteiger partial charge is 0.330 e.